The van der Waals surface area contributed by atoms with Gasteiger partial charge >= 0.3 is 0 Å². The molecule has 0 aliphatic carbocycles. The summed E-state index contributed by atoms with van der Waals surface area (Å²) in [7, 11) is -3.94. The molecule has 0 aliphatic rings. The summed E-state index contributed by atoms with van der Waals surface area (Å²) in [6.07, 6.45) is 1.30. The number of hydrogen-bond acceptors (Lipinski definition) is 4. The fourth-order valence-corrected chi connectivity index (χ4v) is 4.84. The van der Waals surface area contributed by atoms with Crippen LogP contribution in [0, 0.1) is 0 Å². The number of benzene rings is 2. The summed E-state index contributed by atoms with van der Waals surface area (Å²) in [4.78, 5) is 27.6. The van der Waals surface area contributed by atoms with Crippen LogP contribution in [0.25, 0.3) is 0 Å². The van der Waals surface area contributed by atoms with E-state index in [1.807, 2.05) is 30.3 Å². The van der Waals surface area contributed by atoms with Gasteiger partial charge in [-0.15, -0.1) is 0 Å². The minimum absolute atomic E-state index is 0.0210. The van der Waals surface area contributed by atoms with Gasteiger partial charge in [-0.3, -0.25) is 13.9 Å². The third-order valence-electron chi connectivity index (χ3n) is 4.87. The molecule has 0 fully saturated rings. The normalized spacial score (nSPS) is 12.2. The van der Waals surface area contributed by atoms with Crippen LogP contribution in [0.3, 0.4) is 0 Å². The molecule has 2 aromatic rings. The predicted molar refractivity (Wildman–Crippen MR) is 133 cm³/mol. The molecule has 0 heterocycles. The molecule has 0 aliphatic heterocycles. The van der Waals surface area contributed by atoms with Gasteiger partial charge in [-0.05, 0) is 31.0 Å². The molecule has 2 rings (SSSR count). The molecule has 0 saturated carbocycles. The summed E-state index contributed by atoms with van der Waals surface area (Å²) in [6, 6.07) is 11.0. The lowest BCUT2D eigenvalue weighted by atomic mass is 10.1. The molecule has 1 atom stereocenters. The van der Waals surface area contributed by atoms with E-state index < -0.39 is 28.5 Å². The molecule has 11 heteroatoms. The van der Waals surface area contributed by atoms with Crippen LogP contribution in [0.5, 0.6) is 0 Å². The number of likely N-dealkylation sites (N-methyl/N-ethyl adjacent to an activating group) is 1. The Morgan fingerprint density at radius 1 is 1.00 bits per heavy atom. The van der Waals surface area contributed by atoms with Crippen LogP contribution < -0.4 is 9.62 Å². The molecular weight excluding hydrogens is 509 g/mol. The minimum Gasteiger partial charge on any atom is -0.355 e. The highest BCUT2D eigenvalue weighted by Crippen LogP contribution is 2.35. The van der Waals surface area contributed by atoms with Crippen LogP contribution in [0.4, 0.5) is 5.69 Å². The van der Waals surface area contributed by atoms with E-state index in [4.69, 9.17) is 34.8 Å². The highest BCUT2D eigenvalue weighted by Gasteiger charge is 2.32. The lowest BCUT2D eigenvalue weighted by Gasteiger charge is -2.33. The summed E-state index contributed by atoms with van der Waals surface area (Å²) in [5.74, 6) is -0.882. The quantitative estimate of drug-likeness (QED) is 0.459. The van der Waals surface area contributed by atoms with Gasteiger partial charge in [0.05, 0.1) is 27.0 Å². The molecule has 0 bridgehead atoms. The van der Waals surface area contributed by atoms with Gasteiger partial charge in [-0.1, -0.05) is 72.1 Å². The van der Waals surface area contributed by atoms with Crippen LogP contribution in [-0.2, 0) is 26.2 Å². The van der Waals surface area contributed by atoms with Crippen molar-refractivity contribution in [2.75, 3.05) is 23.7 Å². The van der Waals surface area contributed by atoms with Crippen molar-refractivity contribution < 1.29 is 18.0 Å². The number of carbonyl (C=O) groups is 2. The Balaban J connectivity index is 2.48. The number of hydrogen-bond donors (Lipinski definition) is 1. The van der Waals surface area contributed by atoms with Crippen LogP contribution in [0.1, 0.15) is 25.8 Å². The largest absolute Gasteiger partial charge is 0.355 e. The molecule has 0 aromatic heterocycles. The third kappa shape index (κ3) is 7.24. The van der Waals surface area contributed by atoms with Gasteiger partial charge in [-0.25, -0.2) is 8.42 Å². The van der Waals surface area contributed by atoms with E-state index in [9.17, 15) is 18.0 Å². The van der Waals surface area contributed by atoms with Gasteiger partial charge in [0, 0.05) is 13.1 Å². The van der Waals surface area contributed by atoms with E-state index in [0.29, 0.717) is 13.0 Å². The molecule has 0 radical (unpaired) electrons. The lowest BCUT2D eigenvalue weighted by Crippen LogP contribution is -2.52. The first-order valence-corrected chi connectivity index (χ1v) is 13.2. The summed E-state index contributed by atoms with van der Waals surface area (Å²) in [5, 5.41) is 3.00. The van der Waals surface area contributed by atoms with Crippen LogP contribution in [0.15, 0.2) is 42.5 Å². The van der Waals surface area contributed by atoms with E-state index in [0.717, 1.165) is 16.1 Å². The molecule has 180 valence electrons. The third-order valence-corrected chi connectivity index (χ3v) is 7.02. The monoisotopic (exact) mass is 533 g/mol. The van der Waals surface area contributed by atoms with Crippen molar-refractivity contribution in [1.29, 1.82) is 0 Å². The standard InChI is InChI=1S/C22H26Cl3N3O4S/c1-4-19(22(30)26-5-2)27(13-15-9-7-6-8-10-15)21(29)14-28(33(3,31)32)20-12-17(24)16(23)11-18(20)25/h6-12,19H,4-5,13-14H2,1-3H3,(H,26,30)/t19-/m0/s1. The van der Waals surface area contributed by atoms with E-state index in [2.05, 4.69) is 5.32 Å². The number of carbonyl (C=O) groups excluding carboxylic acids is 2. The lowest BCUT2D eigenvalue weighted by molar-refractivity contribution is -0.140. The first-order chi connectivity index (χ1) is 15.5. The van der Waals surface area contributed by atoms with Crippen molar-refractivity contribution in [1.82, 2.24) is 10.2 Å². The van der Waals surface area contributed by atoms with Gasteiger partial charge in [-0.2, -0.15) is 0 Å². The molecule has 0 spiro atoms. The second kappa shape index (κ2) is 11.9. The molecule has 2 aromatic carbocycles. The Labute approximate surface area is 209 Å². The second-order valence-corrected chi connectivity index (χ2v) is 10.4. The Hall–Kier alpha value is -2.00. The molecule has 2 amide bonds. The Morgan fingerprint density at radius 3 is 2.15 bits per heavy atom. The first-order valence-electron chi connectivity index (χ1n) is 10.2. The van der Waals surface area contributed by atoms with Crippen molar-refractivity contribution >= 4 is 62.3 Å². The Morgan fingerprint density at radius 2 is 1.61 bits per heavy atom. The van der Waals surface area contributed by atoms with Gasteiger partial charge in [0.2, 0.25) is 21.8 Å². The number of sulfonamides is 1. The zero-order valence-corrected chi connectivity index (χ0v) is 21.6. The number of nitrogens with one attached hydrogen (secondary N) is 1. The van der Waals surface area contributed by atoms with Crippen molar-refractivity contribution in [3.63, 3.8) is 0 Å². The Kier molecular flexibility index (Phi) is 9.84. The number of nitrogens with zero attached hydrogens (tertiary/aromatic N) is 2. The number of amides is 2. The van der Waals surface area contributed by atoms with Crippen molar-refractivity contribution in [2.24, 2.45) is 0 Å². The fourth-order valence-electron chi connectivity index (χ4n) is 3.29. The van der Waals surface area contributed by atoms with E-state index in [1.165, 1.54) is 17.0 Å². The second-order valence-electron chi connectivity index (χ2n) is 7.31. The molecular formula is C22H26Cl3N3O4S. The maximum atomic E-state index is 13.5. The van der Waals surface area contributed by atoms with Crippen LogP contribution in [0.2, 0.25) is 15.1 Å². The maximum Gasteiger partial charge on any atom is 0.244 e. The van der Waals surface area contributed by atoms with E-state index in [-0.39, 0.29) is 33.2 Å². The Bertz CT molecular complexity index is 1100. The topological polar surface area (TPSA) is 86.8 Å². The number of halogens is 3. The van der Waals surface area contributed by atoms with Gasteiger partial charge in [0.25, 0.3) is 0 Å². The van der Waals surface area contributed by atoms with E-state index >= 15 is 0 Å². The SMILES string of the molecule is CCNC(=O)[C@H](CC)N(Cc1ccccc1)C(=O)CN(c1cc(Cl)c(Cl)cc1Cl)S(C)(=O)=O. The zero-order chi connectivity index (χ0) is 24.8. The average Bonchev–Trinajstić information content (AvgIpc) is 2.74. The molecule has 0 unspecified atom stereocenters. The van der Waals surface area contributed by atoms with E-state index in [1.54, 1.807) is 13.8 Å². The van der Waals surface area contributed by atoms with Gasteiger partial charge in [0.1, 0.15) is 12.6 Å². The molecule has 33 heavy (non-hydrogen) atoms. The summed E-state index contributed by atoms with van der Waals surface area (Å²) >= 11 is 18.3. The summed E-state index contributed by atoms with van der Waals surface area (Å²) < 4.78 is 26.1. The first kappa shape index (κ1) is 27.2. The van der Waals surface area contributed by atoms with Gasteiger partial charge < -0.3 is 10.2 Å². The molecule has 1 N–H and O–H groups in total. The smallest absolute Gasteiger partial charge is 0.244 e. The fraction of sp³-hybridized carbons (Fsp3) is 0.364. The summed E-state index contributed by atoms with van der Waals surface area (Å²) in [5.41, 5.74) is 0.819. The molecule has 7 nitrogen and oxygen atoms in total. The molecule has 0 saturated heterocycles. The highest BCUT2D eigenvalue weighted by atomic mass is 35.5. The van der Waals surface area contributed by atoms with Crippen LogP contribution >= 0.6 is 34.8 Å². The van der Waals surface area contributed by atoms with Crippen LogP contribution in [-0.4, -0.2) is 50.5 Å². The highest BCUT2D eigenvalue weighted by molar-refractivity contribution is 7.92. The van der Waals surface area contributed by atoms with Crippen molar-refractivity contribution in [2.45, 2.75) is 32.9 Å². The van der Waals surface area contributed by atoms with Crippen molar-refractivity contribution in [3.8, 4) is 0 Å². The maximum absolute atomic E-state index is 13.5. The average molecular weight is 535 g/mol. The summed E-state index contributed by atoms with van der Waals surface area (Å²) in [6.45, 7) is 3.53. The number of rotatable bonds is 10. The van der Waals surface area contributed by atoms with Gasteiger partial charge in [0.15, 0.2) is 0 Å². The predicted octanol–water partition coefficient (Wildman–Crippen LogP) is 4.36. The van der Waals surface area contributed by atoms with Crippen molar-refractivity contribution in [3.05, 3.63) is 63.1 Å². The number of anilines is 1. The minimum atomic E-state index is -3.94. The zero-order valence-electron chi connectivity index (χ0n) is 18.5.